The summed E-state index contributed by atoms with van der Waals surface area (Å²) in [6, 6.07) is 17.7. The highest BCUT2D eigenvalue weighted by Gasteiger charge is 2.20. The maximum Gasteiger partial charge on any atom is 0.267 e. The fraction of sp³-hybridized carbons (Fsp3) is 0.292. The Bertz CT molecular complexity index is 1270. The summed E-state index contributed by atoms with van der Waals surface area (Å²) in [5.74, 6) is 0. The topological polar surface area (TPSA) is 64.7 Å². The third-order valence-electron chi connectivity index (χ3n) is 5.61. The van der Waals surface area contributed by atoms with Gasteiger partial charge >= 0.3 is 0 Å². The van der Waals surface area contributed by atoms with E-state index in [4.69, 9.17) is 14.9 Å². The molecule has 0 spiro atoms. The number of rotatable bonds is 4. The number of anilines is 1. The summed E-state index contributed by atoms with van der Waals surface area (Å²) in [5.41, 5.74) is 5.51. The number of morpholine rings is 1. The first kappa shape index (κ1) is 19.5. The summed E-state index contributed by atoms with van der Waals surface area (Å²) < 4.78 is 8.93. The zero-order chi connectivity index (χ0) is 21.4. The van der Waals surface area contributed by atoms with Crippen LogP contribution in [0.4, 0.5) is 5.69 Å². The Balaban J connectivity index is 1.75. The van der Waals surface area contributed by atoms with Crippen molar-refractivity contribution in [1.29, 1.82) is 0 Å². The van der Waals surface area contributed by atoms with Gasteiger partial charge in [0.15, 0.2) is 0 Å². The van der Waals surface area contributed by atoms with Crippen LogP contribution in [0.3, 0.4) is 0 Å². The molecule has 7 nitrogen and oxygen atoms in total. The summed E-state index contributed by atoms with van der Waals surface area (Å²) in [5, 5.41) is 9.60. The van der Waals surface area contributed by atoms with Gasteiger partial charge in [0.25, 0.3) is 5.56 Å². The van der Waals surface area contributed by atoms with Crippen molar-refractivity contribution in [2.24, 2.45) is 0 Å². The molecular formula is C24H25N5O2. The van der Waals surface area contributed by atoms with Gasteiger partial charge in [0.2, 0.25) is 0 Å². The molecule has 1 saturated heterocycles. The molecule has 31 heavy (non-hydrogen) atoms. The Morgan fingerprint density at radius 1 is 0.968 bits per heavy atom. The first-order valence-corrected chi connectivity index (χ1v) is 10.6. The molecule has 5 rings (SSSR count). The Hall–Kier alpha value is -3.45. The second kappa shape index (κ2) is 8.00. The Morgan fingerprint density at radius 2 is 1.74 bits per heavy atom. The summed E-state index contributed by atoms with van der Waals surface area (Å²) in [6.45, 7) is 7.11. The molecule has 3 aromatic heterocycles. The number of ether oxygens (including phenoxy) is 1. The van der Waals surface area contributed by atoms with Gasteiger partial charge in [-0.1, -0.05) is 30.3 Å². The van der Waals surface area contributed by atoms with E-state index in [2.05, 4.69) is 17.0 Å². The molecule has 0 atom stereocenters. The molecule has 7 heteroatoms. The van der Waals surface area contributed by atoms with Crippen molar-refractivity contribution in [1.82, 2.24) is 19.4 Å². The van der Waals surface area contributed by atoms with E-state index in [9.17, 15) is 4.79 Å². The second-order valence-corrected chi connectivity index (χ2v) is 8.00. The van der Waals surface area contributed by atoms with Crippen molar-refractivity contribution >= 4 is 11.2 Å². The summed E-state index contributed by atoms with van der Waals surface area (Å²) in [6.07, 6.45) is 1.99. The maximum absolute atomic E-state index is 12.3. The van der Waals surface area contributed by atoms with Crippen LogP contribution in [0.5, 0.6) is 0 Å². The van der Waals surface area contributed by atoms with Crippen LogP contribution in [0.25, 0.3) is 28.0 Å². The molecule has 1 fully saturated rings. The minimum absolute atomic E-state index is 0.0293. The molecule has 0 amide bonds. The second-order valence-electron chi connectivity index (χ2n) is 8.00. The fourth-order valence-electron chi connectivity index (χ4n) is 4.03. The Labute approximate surface area is 180 Å². The SMILES string of the molecule is CC(C)n1nc(-c2c(-c3ccccc3)nn3ccc(N4CCOCC4)cc23)ccc1=O. The van der Waals surface area contributed by atoms with Gasteiger partial charge in [0, 0.05) is 36.6 Å². The molecule has 1 aliphatic rings. The predicted octanol–water partition coefficient (Wildman–Crippen LogP) is 3.64. The van der Waals surface area contributed by atoms with E-state index in [1.807, 2.05) is 54.9 Å². The smallest absolute Gasteiger partial charge is 0.267 e. The summed E-state index contributed by atoms with van der Waals surface area (Å²) >= 11 is 0. The number of hydrogen-bond acceptors (Lipinski definition) is 5. The first-order chi connectivity index (χ1) is 15.1. The van der Waals surface area contributed by atoms with Crippen molar-refractivity contribution in [3.63, 3.8) is 0 Å². The average molecular weight is 415 g/mol. The number of hydrogen-bond donors (Lipinski definition) is 0. The van der Waals surface area contributed by atoms with Crippen LogP contribution in [0.1, 0.15) is 19.9 Å². The number of nitrogens with zero attached hydrogens (tertiary/aromatic N) is 5. The van der Waals surface area contributed by atoms with Crippen LogP contribution in [0.15, 0.2) is 65.6 Å². The van der Waals surface area contributed by atoms with Crippen molar-refractivity contribution in [2.45, 2.75) is 19.9 Å². The van der Waals surface area contributed by atoms with E-state index in [-0.39, 0.29) is 11.6 Å². The van der Waals surface area contributed by atoms with Crippen LogP contribution in [0, 0.1) is 0 Å². The van der Waals surface area contributed by atoms with Crippen LogP contribution < -0.4 is 10.5 Å². The number of pyridine rings is 1. The van der Waals surface area contributed by atoms with Gasteiger partial charge in [-0.25, -0.2) is 9.20 Å². The van der Waals surface area contributed by atoms with Gasteiger partial charge in [-0.05, 0) is 32.0 Å². The minimum Gasteiger partial charge on any atom is -0.378 e. The third kappa shape index (κ3) is 3.61. The molecule has 4 aromatic rings. The predicted molar refractivity (Wildman–Crippen MR) is 122 cm³/mol. The lowest BCUT2D eigenvalue weighted by atomic mass is 10.0. The fourth-order valence-corrected chi connectivity index (χ4v) is 4.03. The molecule has 0 aliphatic carbocycles. The maximum atomic E-state index is 12.3. The van der Waals surface area contributed by atoms with E-state index >= 15 is 0 Å². The molecule has 0 N–H and O–H groups in total. The quantitative estimate of drug-likeness (QED) is 0.509. The summed E-state index contributed by atoms with van der Waals surface area (Å²) in [4.78, 5) is 14.6. The highest BCUT2D eigenvalue weighted by Crippen LogP contribution is 2.35. The van der Waals surface area contributed by atoms with Gasteiger partial charge < -0.3 is 9.64 Å². The monoisotopic (exact) mass is 415 g/mol. The van der Waals surface area contributed by atoms with E-state index in [0.717, 1.165) is 60.0 Å². The van der Waals surface area contributed by atoms with Crippen LogP contribution in [-0.2, 0) is 4.74 Å². The zero-order valence-electron chi connectivity index (χ0n) is 17.7. The highest BCUT2D eigenvalue weighted by molar-refractivity contribution is 5.91. The molecule has 158 valence electrons. The molecule has 0 radical (unpaired) electrons. The van der Waals surface area contributed by atoms with Crippen molar-refractivity contribution < 1.29 is 4.74 Å². The number of aromatic nitrogens is 4. The lowest BCUT2D eigenvalue weighted by Crippen LogP contribution is -2.36. The molecule has 4 heterocycles. The van der Waals surface area contributed by atoms with Crippen LogP contribution in [0.2, 0.25) is 0 Å². The normalized spacial score (nSPS) is 14.5. The van der Waals surface area contributed by atoms with Gasteiger partial charge in [0.05, 0.1) is 36.0 Å². The lowest BCUT2D eigenvalue weighted by Gasteiger charge is -2.28. The van der Waals surface area contributed by atoms with Gasteiger partial charge in [-0.15, -0.1) is 0 Å². The van der Waals surface area contributed by atoms with E-state index in [1.165, 1.54) is 4.68 Å². The Kier molecular flexibility index (Phi) is 5.03. The van der Waals surface area contributed by atoms with Crippen molar-refractivity contribution in [2.75, 3.05) is 31.2 Å². The van der Waals surface area contributed by atoms with Crippen LogP contribution >= 0.6 is 0 Å². The molecule has 1 aromatic carbocycles. The largest absolute Gasteiger partial charge is 0.378 e. The van der Waals surface area contributed by atoms with Crippen molar-refractivity contribution in [3.8, 4) is 22.5 Å². The first-order valence-electron chi connectivity index (χ1n) is 10.6. The van der Waals surface area contributed by atoms with E-state index in [1.54, 1.807) is 12.1 Å². The van der Waals surface area contributed by atoms with Gasteiger partial charge in [0.1, 0.15) is 5.69 Å². The van der Waals surface area contributed by atoms with E-state index < -0.39 is 0 Å². The van der Waals surface area contributed by atoms with Crippen molar-refractivity contribution in [3.05, 3.63) is 71.1 Å². The third-order valence-corrected chi connectivity index (χ3v) is 5.61. The van der Waals surface area contributed by atoms with Crippen LogP contribution in [-0.4, -0.2) is 45.7 Å². The Morgan fingerprint density at radius 3 is 2.48 bits per heavy atom. The molecule has 0 unspecified atom stereocenters. The highest BCUT2D eigenvalue weighted by atomic mass is 16.5. The average Bonchev–Trinajstić information content (AvgIpc) is 3.19. The molecule has 1 aliphatic heterocycles. The van der Waals surface area contributed by atoms with E-state index in [0.29, 0.717) is 0 Å². The molecule has 0 bridgehead atoms. The van der Waals surface area contributed by atoms with Gasteiger partial charge in [-0.2, -0.15) is 10.2 Å². The lowest BCUT2D eigenvalue weighted by molar-refractivity contribution is 0.122. The molecular weight excluding hydrogens is 390 g/mol. The standard InChI is InChI=1S/C24H25N5O2/c1-17(2)29-22(30)9-8-20(25-29)23-21-16-19(27-12-14-31-15-13-27)10-11-28(21)26-24(23)18-6-4-3-5-7-18/h3-11,16-17H,12-15H2,1-2H3. The zero-order valence-corrected chi connectivity index (χ0v) is 17.7. The number of benzene rings is 1. The molecule has 0 saturated carbocycles. The number of fused-ring (bicyclic) bond motifs is 1. The minimum atomic E-state index is -0.106. The van der Waals surface area contributed by atoms with Gasteiger partial charge in [-0.3, -0.25) is 4.79 Å². The summed E-state index contributed by atoms with van der Waals surface area (Å²) in [7, 11) is 0.